The molecular weight excluding hydrogens is 406 g/mol. The zero-order valence-electron chi connectivity index (χ0n) is 16.8. The van der Waals surface area contributed by atoms with E-state index < -0.39 is 10.0 Å². The maximum Gasteiger partial charge on any atom is 0.244 e. The van der Waals surface area contributed by atoms with Crippen LogP contribution in [0, 0.1) is 0 Å². The second-order valence-corrected chi connectivity index (χ2v) is 10.3. The van der Waals surface area contributed by atoms with Gasteiger partial charge in [0, 0.05) is 31.5 Å². The van der Waals surface area contributed by atoms with Gasteiger partial charge in [0.15, 0.2) is 0 Å². The van der Waals surface area contributed by atoms with Gasteiger partial charge in [0.05, 0.1) is 10.3 Å². The van der Waals surface area contributed by atoms with E-state index in [0.29, 0.717) is 24.7 Å². The molecule has 3 rings (SSSR count). The molecule has 1 atom stereocenters. The van der Waals surface area contributed by atoms with E-state index in [2.05, 4.69) is 4.98 Å². The molecule has 8 heteroatoms. The lowest BCUT2D eigenvalue weighted by Gasteiger charge is -2.26. The normalized spacial score (nSPS) is 16.3. The minimum Gasteiger partial charge on any atom is -0.312 e. The van der Waals surface area contributed by atoms with Crippen molar-refractivity contribution in [1.82, 2.24) is 9.29 Å². The van der Waals surface area contributed by atoms with E-state index >= 15 is 0 Å². The number of carbonyl (C=O) groups excluding carboxylic acids is 1. The van der Waals surface area contributed by atoms with Crippen LogP contribution >= 0.6 is 11.8 Å². The third kappa shape index (κ3) is 5.18. The molecular formula is C21H27N3O3S2. The summed E-state index contributed by atoms with van der Waals surface area (Å²) >= 11 is 1.33. The monoisotopic (exact) mass is 433 g/mol. The van der Waals surface area contributed by atoms with Gasteiger partial charge in [-0.2, -0.15) is 4.31 Å². The molecule has 6 nitrogen and oxygen atoms in total. The van der Waals surface area contributed by atoms with Gasteiger partial charge in [0.2, 0.25) is 15.9 Å². The molecule has 1 saturated heterocycles. The summed E-state index contributed by atoms with van der Waals surface area (Å²) in [5.74, 6) is -0.00415. The third-order valence-electron chi connectivity index (χ3n) is 4.96. The Labute approximate surface area is 177 Å². The van der Waals surface area contributed by atoms with Crippen molar-refractivity contribution in [3.8, 4) is 0 Å². The first-order valence-electron chi connectivity index (χ1n) is 9.92. The fourth-order valence-electron chi connectivity index (χ4n) is 3.37. The van der Waals surface area contributed by atoms with Crippen LogP contribution < -0.4 is 4.90 Å². The number of pyridine rings is 1. The fourth-order valence-corrected chi connectivity index (χ4v) is 5.68. The van der Waals surface area contributed by atoms with Crippen LogP contribution in [0.25, 0.3) is 0 Å². The van der Waals surface area contributed by atoms with E-state index in [0.717, 1.165) is 24.9 Å². The van der Waals surface area contributed by atoms with Gasteiger partial charge in [-0.1, -0.05) is 36.4 Å². The van der Waals surface area contributed by atoms with E-state index in [9.17, 15) is 13.2 Å². The van der Waals surface area contributed by atoms with Gasteiger partial charge in [-0.05, 0) is 51.0 Å². The lowest BCUT2D eigenvalue weighted by molar-refractivity contribution is -0.117. The Hall–Kier alpha value is -1.90. The van der Waals surface area contributed by atoms with Gasteiger partial charge in [-0.25, -0.2) is 13.4 Å². The molecule has 1 aromatic heterocycles. The molecule has 1 aliphatic rings. The van der Waals surface area contributed by atoms with E-state index in [-0.39, 0.29) is 16.1 Å². The van der Waals surface area contributed by atoms with E-state index in [1.165, 1.54) is 22.3 Å². The minimum absolute atomic E-state index is 0.00415. The molecule has 1 amide bonds. The molecule has 0 spiro atoms. The summed E-state index contributed by atoms with van der Waals surface area (Å²) in [7, 11) is -3.49. The molecule has 0 aliphatic carbocycles. The first-order valence-corrected chi connectivity index (χ1v) is 12.2. The molecule has 2 heterocycles. The number of nitrogens with zero attached hydrogens (tertiary/aromatic N) is 3. The number of sulfonamides is 1. The molecule has 1 aromatic carbocycles. The van der Waals surface area contributed by atoms with Gasteiger partial charge in [0.1, 0.15) is 4.90 Å². The van der Waals surface area contributed by atoms with Crippen molar-refractivity contribution in [2.45, 2.75) is 48.3 Å². The number of anilines is 1. The number of carbonyl (C=O) groups is 1. The van der Waals surface area contributed by atoms with Crippen LogP contribution in [0.3, 0.4) is 0 Å². The second-order valence-electron chi connectivity index (χ2n) is 6.98. The van der Waals surface area contributed by atoms with Crippen molar-refractivity contribution in [3.63, 3.8) is 0 Å². The van der Waals surface area contributed by atoms with Crippen LogP contribution in [-0.2, 0) is 14.8 Å². The average Bonchev–Trinajstić information content (AvgIpc) is 2.76. The van der Waals surface area contributed by atoms with Gasteiger partial charge in [0.25, 0.3) is 0 Å². The van der Waals surface area contributed by atoms with Crippen LogP contribution in [0.1, 0.15) is 33.1 Å². The summed E-state index contributed by atoms with van der Waals surface area (Å²) in [6.07, 6.45) is 4.27. The van der Waals surface area contributed by atoms with Crippen LogP contribution in [0.15, 0.2) is 58.6 Å². The molecule has 29 heavy (non-hydrogen) atoms. The van der Waals surface area contributed by atoms with E-state index in [4.69, 9.17) is 0 Å². The second kappa shape index (κ2) is 9.73. The van der Waals surface area contributed by atoms with Crippen LogP contribution in [-0.4, -0.2) is 48.5 Å². The lowest BCUT2D eigenvalue weighted by atomic mass is 10.2. The Bertz CT molecular complexity index is 912. The van der Waals surface area contributed by atoms with E-state index in [1.807, 2.05) is 44.2 Å². The van der Waals surface area contributed by atoms with Crippen molar-refractivity contribution in [2.24, 2.45) is 0 Å². The van der Waals surface area contributed by atoms with Gasteiger partial charge < -0.3 is 4.90 Å². The zero-order chi connectivity index (χ0) is 20.9. The molecule has 1 aliphatic heterocycles. The van der Waals surface area contributed by atoms with Crippen LogP contribution in [0.5, 0.6) is 0 Å². The molecule has 0 radical (unpaired) electrons. The molecule has 0 N–H and O–H groups in total. The highest BCUT2D eigenvalue weighted by Gasteiger charge is 2.27. The Morgan fingerprint density at radius 1 is 1.14 bits per heavy atom. The molecule has 156 valence electrons. The van der Waals surface area contributed by atoms with Crippen molar-refractivity contribution >= 4 is 33.4 Å². The minimum atomic E-state index is -3.49. The van der Waals surface area contributed by atoms with Crippen molar-refractivity contribution in [3.05, 3.63) is 48.7 Å². The van der Waals surface area contributed by atoms with Crippen molar-refractivity contribution in [1.29, 1.82) is 0 Å². The Morgan fingerprint density at radius 2 is 1.83 bits per heavy atom. The fraction of sp³-hybridized carbons (Fsp3) is 0.429. The number of hydrogen-bond donors (Lipinski definition) is 0. The number of piperidine rings is 1. The van der Waals surface area contributed by atoms with E-state index in [1.54, 1.807) is 17.0 Å². The van der Waals surface area contributed by atoms with Crippen molar-refractivity contribution < 1.29 is 13.2 Å². The van der Waals surface area contributed by atoms with Gasteiger partial charge in [-0.3, -0.25) is 4.79 Å². The summed E-state index contributed by atoms with van der Waals surface area (Å²) < 4.78 is 27.0. The van der Waals surface area contributed by atoms with Crippen molar-refractivity contribution in [2.75, 3.05) is 24.5 Å². The lowest BCUT2D eigenvalue weighted by Crippen LogP contribution is -2.36. The molecule has 1 unspecified atom stereocenters. The SMILES string of the molecule is CCN(C(=O)C(C)Sc1ccc(S(=O)(=O)N2CCCCC2)cn1)c1ccccc1. The molecule has 0 saturated carbocycles. The summed E-state index contributed by atoms with van der Waals surface area (Å²) in [5.41, 5.74) is 0.864. The maximum absolute atomic E-state index is 12.9. The van der Waals surface area contributed by atoms with Gasteiger partial charge in [-0.15, -0.1) is 0 Å². The predicted octanol–water partition coefficient (Wildman–Crippen LogP) is 3.79. The number of hydrogen-bond acceptors (Lipinski definition) is 5. The highest BCUT2D eigenvalue weighted by Crippen LogP contribution is 2.27. The number of benzene rings is 1. The highest BCUT2D eigenvalue weighted by molar-refractivity contribution is 8.00. The first kappa shape index (κ1) is 21.8. The highest BCUT2D eigenvalue weighted by atomic mass is 32.2. The number of rotatable bonds is 7. The third-order valence-corrected chi connectivity index (χ3v) is 7.88. The number of para-hydroxylation sites is 1. The topological polar surface area (TPSA) is 70.6 Å². The number of aromatic nitrogens is 1. The number of amides is 1. The molecule has 2 aromatic rings. The maximum atomic E-state index is 12.9. The largest absolute Gasteiger partial charge is 0.312 e. The van der Waals surface area contributed by atoms with Gasteiger partial charge >= 0.3 is 0 Å². The smallest absolute Gasteiger partial charge is 0.244 e. The average molecular weight is 434 g/mol. The summed E-state index contributed by atoms with van der Waals surface area (Å²) in [6.45, 7) is 5.50. The standard InChI is InChI=1S/C21H27N3O3S2/c1-3-24(18-10-6-4-7-11-18)21(25)17(2)28-20-13-12-19(16-22-20)29(26,27)23-14-8-5-9-15-23/h4,6-7,10-13,16-17H,3,5,8-9,14-15H2,1-2H3. The molecule has 0 bridgehead atoms. The predicted molar refractivity (Wildman–Crippen MR) is 117 cm³/mol. The first-order chi connectivity index (χ1) is 13.9. The van der Waals surface area contributed by atoms with Crippen LogP contribution in [0.2, 0.25) is 0 Å². The summed E-state index contributed by atoms with van der Waals surface area (Å²) in [6, 6.07) is 12.8. The van der Waals surface area contributed by atoms with Crippen LogP contribution in [0.4, 0.5) is 5.69 Å². The Morgan fingerprint density at radius 3 is 2.41 bits per heavy atom. The Kier molecular flexibility index (Phi) is 7.32. The summed E-state index contributed by atoms with van der Waals surface area (Å²) in [5, 5.41) is 0.291. The number of thioether (sulfide) groups is 1. The summed E-state index contributed by atoms with van der Waals surface area (Å²) in [4.78, 5) is 19.1. The quantitative estimate of drug-likeness (QED) is 0.622. The zero-order valence-corrected chi connectivity index (χ0v) is 18.5. The molecule has 1 fully saturated rings. The Balaban J connectivity index is 1.68.